The largest absolute Gasteiger partial charge is 0.478 e. The maximum atomic E-state index is 13.6. The third-order valence-corrected chi connectivity index (χ3v) is 4.22. The Kier molecular flexibility index (Phi) is 3.58. The first-order valence-corrected chi connectivity index (χ1v) is 7.89. The number of fused-ring (bicyclic) bond motifs is 1. The van der Waals surface area contributed by atoms with E-state index >= 15 is 0 Å². The Balaban J connectivity index is 1.65. The summed E-state index contributed by atoms with van der Waals surface area (Å²) in [4.78, 5) is 11.3. The predicted molar refractivity (Wildman–Crippen MR) is 88.4 cm³/mol. The number of carbonyl (C=O) groups is 1. The maximum absolute atomic E-state index is 13.6. The third kappa shape index (κ3) is 2.90. The molecule has 5 heteroatoms. The van der Waals surface area contributed by atoms with Crippen LogP contribution in [0.4, 0.5) is 4.39 Å². The van der Waals surface area contributed by atoms with Gasteiger partial charge in [0.2, 0.25) is 0 Å². The monoisotopic (exact) mass is 325 g/mol. The molecule has 122 valence electrons. The van der Waals surface area contributed by atoms with Gasteiger partial charge in [0.05, 0.1) is 0 Å². The molecule has 1 saturated carbocycles. The van der Waals surface area contributed by atoms with Crippen LogP contribution in [0.5, 0.6) is 0 Å². The van der Waals surface area contributed by atoms with E-state index in [4.69, 9.17) is 4.42 Å². The molecule has 1 aromatic heterocycles. The van der Waals surface area contributed by atoms with E-state index in [9.17, 15) is 14.3 Å². The van der Waals surface area contributed by atoms with Crippen LogP contribution in [0.15, 0.2) is 46.9 Å². The summed E-state index contributed by atoms with van der Waals surface area (Å²) in [6.07, 6.45) is 2.50. The summed E-state index contributed by atoms with van der Waals surface area (Å²) in [5.74, 6) is -1.27. The molecule has 4 rings (SSSR count). The number of furan rings is 1. The van der Waals surface area contributed by atoms with Gasteiger partial charge in [-0.2, -0.15) is 0 Å². The molecule has 0 radical (unpaired) electrons. The van der Waals surface area contributed by atoms with Gasteiger partial charge >= 0.3 is 5.97 Å². The Labute approximate surface area is 137 Å². The van der Waals surface area contributed by atoms with Crippen molar-refractivity contribution in [2.24, 2.45) is 0 Å². The van der Waals surface area contributed by atoms with Gasteiger partial charge in [-0.05, 0) is 36.6 Å². The van der Waals surface area contributed by atoms with Crippen LogP contribution >= 0.6 is 0 Å². The number of nitrogens with one attached hydrogen (secondary N) is 1. The molecular formula is C19H16FNO3. The van der Waals surface area contributed by atoms with Crippen molar-refractivity contribution in [1.82, 2.24) is 5.32 Å². The number of aromatic carboxylic acids is 1. The van der Waals surface area contributed by atoms with Crippen LogP contribution in [0.25, 0.3) is 22.3 Å². The molecule has 0 saturated heterocycles. The maximum Gasteiger partial charge on any atom is 0.339 e. The van der Waals surface area contributed by atoms with Crippen LogP contribution in [0.1, 0.15) is 28.8 Å². The van der Waals surface area contributed by atoms with Crippen LogP contribution < -0.4 is 5.32 Å². The topological polar surface area (TPSA) is 62.5 Å². The summed E-state index contributed by atoms with van der Waals surface area (Å²) < 4.78 is 19.3. The Morgan fingerprint density at radius 2 is 1.96 bits per heavy atom. The zero-order valence-electron chi connectivity index (χ0n) is 12.9. The predicted octanol–water partition coefficient (Wildman–Crippen LogP) is 4.19. The lowest BCUT2D eigenvalue weighted by Crippen LogP contribution is -2.14. The highest BCUT2D eigenvalue weighted by atomic mass is 19.1. The molecular weight excluding hydrogens is 309 g/mol. The van der Waals surface area contributed by atoms with Crippen molar-refractivity contribution >= 4 is 16.9 Å². The van der Waals surface area contributed by atoms with Crippen LogP contribution in [-0.2, 0) is 6.54 Å². The first kappa shape index (κ1) is 14.9. The number of carboxylic acid groups (broad SMARTS) is 1. The average molecular weight is 325 g/mol. The minimum absolute atomic E-state index is 0.165. The second-order valence-electron chi connectivity index (χ2n) is 6.14. The summed E-state index contributed by atoms with van der Waals surface area (Å²) in [5.41, 5.74) is 2.04. The fourth-order valence-corrected chi connectivity index (χ4v) is 2.75. The van der Waals surface area contributed by atoms with Crippen molar-refractivity contribution in [2.45, 2.75) is 25.4 Å². The Morgan fingerprint density at radius 3 is 2.62 bits per heavy atom. The van der Waals surface area contributed by atoms with E-state index in [2.05, 4.69) is 5.32 Å². The van der Waals surface area contributed by atoms with E-state index < -0.39 is 11.8 Å². The molecule has 1 fully saturated rings. The number of hydrogen-bond donors (Lipinski definition) is 2. The van der Waals surface area contributed by atoms with Gasteiger partial charge < -0.3 is 14.8 Å². The minimum Gasteiger partial charge on any atom is -0.478 e. The second-order valence-corrected chi connectivity index (χ2v) is 6.14. The standard InChI is InChI=1S/C19H16FNO3/c20-14-7-13-8-17(24-18(13)16(9-14)19(22)23)12-3-1-11(2-4-12)10-21-15-5-6-15/h1-4,7-9,15,21H,5-6,10H2,(H,22,23). The molecule has 1 aliphatic rings. The highest BCUT2D eigenvalue weighted by Gasteiger charge is 2.20. The van der Waals surface area contributed by atoms with Crippen molar-refractivity contribution in [3.05, 3.63) is 59.4 Å². The summed E-state index contributed by atoms with van der Waals surface area (Å²) in [6, 6.07) is 12.5. The number of carboxylic acids is 1. The fourth-order valence-electron chi connectivity index (χ4n) is 2.75. The molecule has 3 aromatic rings. The average Bonchev–Trinajstić information content (AvgIpc) is 3.30. The summed E-state index contributed by atoms with van der Waals surface area (Å²) in [7, 11) is 0. The van der Waals surface area contributed by atoms with Crippen molar-refractivity contribution in [2.75, 3.05) is 0 Å². The number of halogens is 1. The van der Waals surface area contributed by atoms with Crippen LogP contribution in [0.2, 0.25) is 0 Å². The smallest absolute Gasteiger partial charge is 0.339 e. The van der Waals surface area contributed by atoms with E-state index in [1.807, 2.05) is 24.3 Å². The van der Waals surface area contributed by atoms with Gasteiger partial charge in [0.25, 0.3) is 0 Å². The lowest BCUT2D eigenvalue weighted by Gasteiger charge is -2.04. The zero-order chi connectivity index (χ0) is 16.7. The summed E-state index contributed by atoms with van der Waals surface area (Å²) in [5, 5.41) is 13.1. The molecule has 0 bridgehead atoms. The molecule has 1 aliphatic carbocycles. The number of rotatable bonds is 5. The Morgan fingerprint density at radius 1 is 1.21 bits per heavy atom. The highest BCUT2D eigenvalue weighted by Crippen LogP contribution is 2.31. The van der Waals surface area contributed by atoms with Gasteiger partial charge in [-0.1, -0.05) is 24.3 Å². The summed E-state index contributed by atoms with van der Waals surface area (Å²) >= 11 is 0. The summed E-state index contributed by atoms with van der Waals surface area (Å²) in [6.45, 7) is 0.833. The first-order valence-electron chi connectivity index (χ1n) is 7.89. The second kappa shape index (κ2) is 5.76. The molecule has 0 aliphatic heterocycles. The van der Waals surface area contributed by atoms with Gasteiger partial charge in [0, 0.05) is 23.5 Å². The quantitative estimate of drug-likeness (QED) is 0.738. The molecule has 0 amide bonds. The minimum atomic E-state index is -1.21. The van der Waals surface area contributed by atoms with E-state index in [1.54, 1.807) is 6.07 Å². The molecule has 1 heterocycles. The molecule has 2 aromatic carbocycles. The highest BCUT2D eigenvalue weighted by molar-refractivity contribution is 6.02. The van der Waals surface area contributed by atoms with E-state index in [0.717, 1.165) is 18.2 Å². The van der Waals surface area contributed by atoms with Gasteiger partial charge in [-0.25, -0.2) is 9.18 Å². The van der Waals surface area contributed by atoms with Crippen LogP contribution in [-0.4, -0.2) is 17.1 Å². The molecule has 0 unspecified atom stereocenters. The SMILES string of the molecule is O=C(O)c1cc(F)cc2cc(-c3ccc(CNC4CC4)cc3)oc12. The first-order chi connectivity index (χ1) is 11.6. The third-order valence-electron chi connectivity index (χ3n) is 4.22. The Bertz CT molecular complexity index is 910. The van der Waals surface area contributed by atoms with Gasteiger partial charge in [0.15, 0.2) is 0 Å². The van der Waals surface area contributed by atoms with Crippen LogP contribution in [0.3, 0.4) is 0 Å². The van der Waals surface area contributed by atoms with E-state index in [1.165, 1.54) is 24.5 Å². The lowest BCUT2D eigenvalue weighted by molar-refractivity contribution is 0.0697. The van der Waals surface area contributed by atoms with Crippen molar-refractivity contribution in [3.8, 4) is 11.3 Å². The molecule has 2 N–H and O–H groups in total. The zero-order valence-corrected chi connectivity index (χ0v) is 12.9. The van der Waals surface area contributed by atoms with Crippen molar-refractivity contribution in [1.29, 1.82) is 0 Å². The number of benzene rings is 2. The normalized spacial score (nSPS) is 14.2. The van der Waals surface area contributed by atoms with Crippen molar-refractivity contribution < 1.29 is 18.7 Å². The lowest BCUT2D eigenvalue weighted by atomic mass is 10.1. The molecule has 0 spiro atoms. The van der Waals surface area contributed by atoms with E-state index in [0.29, 0.717) is 17.2 Å². The molecule has 4 nitrogen and oxygen atoms in total. The van der Waals surface area contributed by atoms with Crippen LogP contribution in [0, 0.1) is 5.82 Å². The van der Waals surface area contributed by atoms with Gasteiger partial charge in [0.1, 0.15) is 22.7 Å². The van der Waals surface area contributed by atoms with Crippen molar-refractivity contribution in [3.63, 3.8) is 0 Å². The number of hydrogen-bond acceptors (Lipinski definition) is 3. The molecule has 24 heavy (non-hydrogen) atoms. The van der Waals surface area contributed by atoms with Gasteiger partial charge in [-0.15, -0.1) is 0 Å². The van der Waals surface area contributed by atoms with E-state index in [-0.39, 0.29) is 11.1 Å². The Hall–Kier alpha value is -2.66. The van der Waals surface area contributed by atoms with Gasteiger partial charge in [-0.3, -0.25) is 0 Å². The fraction of sp³-hybridized carbons (Fsp3) is 0.211. The molecule has 0 atom stereocenters.